The number of nitrogens with zero attached hydrogens (tertiary/aromatic N) is 4. The first-order chi connectivity index (χ1) is 15.0. The van der Waals surface area contributed by atoms with Gasteiger partial charge < -0.3 is 4.57 Å². The molecule has 0 aromatic heterocycles. The normalized spacial score (nSPS) is 12.6. The third-order valence-corrected chi connectivity index (χ3v) is 6.43. The van der Waals surface area contributed by atoms with E-state index >= 15 is 0 Å². The van der Waals surface area contributed by atoms with Crippen molar-refractivity contribution >= 4 is 31.3 Å². The fourth-order valence-electron chi connectivity index (χ4n) is 3.35. The monoisotopic (exact) mass is 486 g/mol. The van der Waals surface area contributed by atoms with Gasteiger partial charge in [0.05, 0.1) is 22.5 Å². The van der Waals surface area contributed by atoms with Crippen LogP contribution in [0.3, 0.4) is 0 Å². The maximum Gasteiger partial charge on any atom is 0.352 e. The number of hydrogen-bond donors (Lipinski definition) is 2. The third-order valence-electron chi connectivity index (χ3n) is 4.82. The Kier molecular flexibility index (Phi) is 7.07. The largest absolute Gasteiger partial charge is 0.352 e. The fourth-order valence-corrected chi connectivity index (χ4v) is 4.49. The van der Waals surface area contributed by atoms with E-state index < -0.39 is 43.0 Å². The molecule has 0 spiro atoms. The Morgan fingerprint density at radius 1 is 0.781 bits per heavy atom. The van der Waals surface area contributed by atoms with Gasteiger partial charge in [-0.2, -0.15) is 21.8 Å². The number of unbranched alkanes of at least 4 members (excludes halogenated alkanes) is 2. The van der Waals surface area contributed by atoms with Crippen LogP contribution in [0.5, 0.6) is 0 Å². The highest BCUT2D eigenvalue weighted by Gasteiger charge is 2.21. The predicted molar refractivity (Wildman–Crippen MR) is 116 cm³/mol. The quantitative estimate of drug-likeness (QED) is 0.231. The molecule has 2 aliphatic heterocycles. The fraction of sp³-hybridized carbons (Fsp3) is 0.444. The summed E-state index contributed by atoms with van der Waals surface area (Å²) in [7, 11) is -8.23. The maximum atomic E-state index is 13.0. The first kappa shape index (κ1) is 24.0. The van der Waals surface area contributed by atoms with Gasteiger partial charge in [0, 0.05) is 13.1 Å². The second kappa shape index (κ2) is 9.44. The molecule has 0 atom stereocenters. The van der Waals surface area contributed by atoms with Crippen molar-refractivity contribution in [2.45, 2.75) is 38.8 Å². The van der Waals surface area contributed by atoms with Gasteiger partial charge in [-0.25, -0.2) is 9.78 Å². The van der Waals surface area contributed by atoms with E-state index in [1.807, 2.05) is 0 Å². The van der Waals surface area contributed by atoms with Crippen LogP contribution in [0, 0.1) is 0 Å². The molecule has 174 valence electrons. The van der Waals surface area contributed by atoms with Crippen LogP contribution in [0.15, 0.2) is 33.9 Å². The second-order valence-electron chi connectivity index (χ2n) is 7.26. The highest BCUT2D eigenvalue weighted by Crippen LogP contribution is 2.21. The maximum absolute atomic E-state index is 13.0. The lowest BCUT2D eigenvalue weighted by Gasteiger charge is -2.17. The number of benzene rings is 1. The van der Waals surface area contributed by atoms with Gasteiger partial charge in [-0.05, 0) is 37.8 Å². The molecular formula is C18H22N4O8S2. The molecule has 2 heterocycles. The van der Waals surface area contributed by atoms with Crippen molar-refractivity contribution in [3.63, 3.8) is 0 Å². The van der Waals surface area contributed by atoms with E-state index in [0.29, 0.717) is 17.5 Å². The molecule has 0 bridgehead atoms. The third kappa shape index (κ3) is 5.97. The van der Waals surface area contributed by atoms with Crippen molar-refractivity contribution in [1.29, 1.82) is 0 Å². The molecule has 0 amide bonds. The Hall–Kier alpha value is -2.68. The Labute approximate surface area is 183 Å². The van der Waals surface area contributed by atoms with Gasteiger partial charge in [0.25, 0.3) is 25.8 Å². The number of aryl methyl sites for hydroxylation is 1. The number of hydrogen-bond acceptors (Lipinski definition) is 8. The van der Waals surface area contributed by atoms with Crippen LogP contribution in [-0.2, 0) is 33.3 Å². The number of rotatable bonds is 10. The highest BCUT2D eigenvalue weighted by molar-refractivity contribution is 7.86. The van der Waals surface area contributed by atoms with Crippen LogP contribution in [-0.4, -0.2) is 56.5 Å². The zero-order valence-corrected chi connectivity index (χ0v) is 18.5. The van der Waals surface area contributed by atoms with E-state index in [2.05, 4.69) is 9.97 Å². The molecule has 2 N–H and O–H groups in total. The Balaban J connectivity index is 1.98. The van der Waals surface area contributed by atoms with E-state index in [-0.39, 0.29) is 43.9 Å². The average molecular weight is 487 g/mol. The van der Waals surface area contributed by atoms with Crippen molar-refractivity contribution in [2.24, 2.45) is 0 Å². The summed E-state index contributed by atoms with van der Waals surface area (Å²) in [5.74, 6) is -0.839. The van der Waals surface area contributed by atoms with Gasteiger partial charge in [0.2, 0.25) is 0 Å². The summed E-state index contributed by atoms with van der Waals surface area (Å²) < 4.78 is 63.8. The average Bonchev–Trinajstić information content (AvgIpc) is 2.69. The first-order valence-electron chi connectivity index (χ1n) is 9.77. The molecule has 0 fully saturated rings. The van der Waals surface area contributed by atoms with Crippen molar-refractivity contribution in [2.75, 3.05) is 11.5 Å². The van der Waals surface area contributed by atoms with Crippen LogP contribution in [0.4, 0.5) is 0 Å². The molecule has 0 saturated heterocycles. The van der Waals surface area contributed by atoms with Gasteiger partial charge in [0.15, 0.2) is 11.5 Å². The summed E-state index contributed by atoms with van der Waals surface area (Å²) in [6.45, 7) is 0.151. The van der Waals surface area contributed by atoms with E-state index in [1.165, 1.54) is 0 Å². The number of aromatic nitrogens is 4. The lowest BCUT2D eigenvalue weighted by atomic mass is 10.2. The number of para-hydroxylation sites is 2. The minimum atomic E-state index is -4.13. The molecule has 0 saturated carbocycles. The summed E-state index contributed by atoms with van der Waals surface area (Å²) >= 11 is 0. The molecular weight excluding hydrogens is 464 g/mol. The molecule has 14 heteroatoms. The summed E-state index contributed by atoms with van der Waals surface area (Å²) in [6.07, 6.45) is 0.716. The van der Waals surface area contributed by atoms with Crippen LogP contribution in [0.25, 0.3) is 22.6 Å². The molecule has 1 aromatic rings. The molecule has 12 nitrogen and oxygen atoms in total. The van der Waals surface area contributed by atoms with Gasteiger partial charge in [-0.1, -0.05) is 12.1 Å². The first-order valence-corrected chi connectivity index (χ1v) is 13.0. The zero-order chi connectivity index (χ0) is 23.5. The lowest BCUT2D eigenvalue weighted by Crippen LogP contribution is -2.38. The summed E-state index contributed by atoms with van der Waals surface area (Å²) in [5.41, 5.74) is -0.468. The van der Waals surface area contributed by atoms with Gasteiger partial charge in [0.1, 0.15) is 0 Å². The Morgan fingerprint density at radius 3 is 1.94 bits per heavy atom. The van der Waals surface area contributed by atoms with Crippen molar-refractivity contribution < 1.29 is 25.9 Å². The van der Waals surface area contributed by atoms with Crippen LogP contribution < -0.4 is 11.2 Å². The lowest BCUT2D eigenvalue weighted by molar-refractivity contribution is 0.476. The van der Waals surface area contributed by atoms with Crippen LogP contribution in [0.2, 0.25) is 0 Å². The van der Waals surface area contributed by atoms with Crippen molar-refractivity contribution in [1.82, 2.24) is 19.1 Å². The SMILES string of the molecule is O=c1nc2n(CCCCS(=O)(=O)O)c3ccccc3nc-2c(=O)n1CCCCS(=O)(=O)O. The van der Waals surface area contributed by atoms with Crippen LogP contribution >= 0.6 is 0 Å². The van der Waals surface area contributed by atoms with E-state index in [1.54, 1.807) is 28.8 Å². The summed E-state index contributed by atoms with van der Waals surface area (Å²) in [6, 6.07) is 6.90. The van der Waals surface area contributed by atoms with Crippen LogP contribution in [0.1, 0.15) is 25.7 Å². The molecule has 2 aliphatic rings. The smallest absolute Gasteiger partial charge is 0.322 e. The summed E-state index contributed by atoms with van der Waals surface area (Å²) in [5, 5.41) is 0. The molecule has 1 aromatic carbocycles. The Morgan fingerprint density at radius 2 is 1.34 bits per heavy atom. The topological polar surface area (TPSA) is 179 Å². The molecule has 0 unspecified atom stereocenters. The van der Waals surface area contributed by atoms with Gasteiger partial charge in [-0.15, -0.1) is 0 Å². The van der Waals surface area contributed by atoms with Crippen molar-refractivity contribution in [3.05, 3.63) is 45.1 Å². The molecule has 0 radical (unpaired) electrons. The summed E-state index contributed by atoms with van der Waals surface area (Å²) in [4.78, 5) is 33.9. The molecule has 0 aliphatic carbocycles. The minimum absolute atomic E-state index is 0.0483. The number of fused-ring (bicyclic) bond motifs is 2. The standard InChI is InChI=1S/C18H22N4O8S2/c23-17-15-16(20-18(24)22(17)10-4-6-12-32(28,29)30)21(9-3-5-11-31(25,26)27)14-8-2-1-7-13(14)19-15/h1-2,7-8H,3-6,9-12H2,(H,25,26,27)(H,28,29,30). The van der Waals surface area contributed by atoms with E-state index in [0.717, 1.165) is 4.57 Å². The molecule has 32 heavy (non-hydrogen) atoms. The van der Waals surface area contributed by atoms with Gasteiger partial charge >= 0.3 is 5.69 Å². The van der Waals surface area contributed by atoms with Gasteiger partial charge in [-0.3, -0.25) is 18.5 Å². The zero-order valence-electron chi connectivity index (χ0n) is 16.9. The predicted octanol–water partition coefficient (Wildman–Crippen LogP) is 0.394. The van der Waals surface area contributed by atoms with Crippen molar-refractivity contribution in [3.8, 4) is 11.5 Å². The van der Waals surface area contributed by atoms with E-state index in [4.69, 9.17) is 9.11 Å². The minimum Gasteiger partial charge on any atom is -0.322 e. The Bertz CT molecular complexity index is 1430. The highest BCUT2D eigenvalue weighted by atomic mass is 32.2. The second-order valence-corrected chi connectivity index (χ2v) is 10.4. The van der Waals surface area contributed by atoms with E-state index in [9.17, 15) is 26.4 Å². The molecule has 3 rings (SSSR count).